The highest BCUT2D eigenvalue weighted by molar-refractivity contribution is 5.89. The van der Waals surface area contributed by atoms with Crippen LogP contribution in [0.5, 0.6) is 0 Å². The first kappa shape index (κ1) is 64.9. The van der Waals surface area contributed by atoms with Gasteiger partial charge < -0.3 is 32.4 Å². The summed E-state index contributed by atoms with van der Waals surface area (Å²) in [4.78, 5) is 3.19. The lowest BCUT2D eigenvalue weighted by molar-refractivity contribution is 0.772. The summed E-state index contributed by atoms with van der Waals surface area (Å²) in [6.07, 6.45) is 17.0. The van der Waals surface area contributed by atoms with Gasteiger partial charge in [0.15, 0.2) is 0 Å². The van der Waals surface area contributed by atoms with E-state index in [1.54, 1.807) is 0 Å². The van der Waals surface area contributed by atoms with Gasteiger partial charge in [0, 0.05) is 156 Å². The SMILES string of the molecule is CCCCC.Cc1c(C)n(C)c2ccccc12.Cc1c[nH]c2ccccc12.Cc1ccc2c(C)cn(C)c2c1.Cc1ccc2c(c1)c(C)cn2C.Cc1cccc2c1c(C)cn2C.Cc1cn(C)c2c(C)cccc12.Cc1cn(C)c2ccccc12. The van der Waals surface area contributed by atoms with Crippen molar-refractivity contribution < 1.29 is 0 Å². The summed E-state index contributed by atoms with van der Waals surface area (Å²) in [7, 11) is 12.6. The Morgan fingerprint density at radius 1 is 0.326 bits per heavy atom. The minimum Gasteiger partial charge on any atom is -0.361 e. The van der Waals surface area contributed by atoms with Gasteiger partial charge in [0.25, 0.3) is 0 Å². The molecule has 0 unspecified atom stereocenters. The minimum atomic E-state index is 1.22. The van der Waals surface area contributed by atoms with E-state index in [1.165, 1.54) is 162 Å². The first-order valence-electron chi connectivity index (χ1n) is 30.7. The number of aryl methyl sites for hydroxylation is 17. The Hall–Kier alpha value is -8.68. The molecule has 7 heteroatoms. The zero-order chi connectivity index (χ0) is 62.5. The molecule has 0 spiro atoms. The molecule has 0 saturated carbocycles. The maximum absolute atomic E-state index is 3.19. The smallest absolute Gasteiger partial charge is 0.0510 e. The van der Waals surface area contributed by atoms with Gasteiger partial charge in [-0.25, -0.2) is 0 Å². The molecule has 1 N–H and O–H groups in total. The van der Waals surface area contributed by atoms with Crippen molar-refractivity contribution in [3.05, 3.63) is 250 Å². The molecular weight excluding hydrogens is 1050 g/mol. The average molecular weight is 1140 g/mol. The largest absolute Gasteiger partial charge is 0.361 e. The lowest BCUT2D eigenvalue weighted by Crippen LogP contribution is -1.89. The number of benzene rings is 7. The lowest BCUT2D eigenvalue weighted by atomic mass is 10.1. The third-order valence-corrected chi connectivity index (χ3v) is 16.8. The van der Waals surface area contributed by atoms with E-state index in [2.05, 4.69) is 342 Å². The Kier molecular flexibility index (Phi) is 22.2. The standard InChI is InChI=1S/5C11H13N.C10H11N.C9H9N.C5H12/c1-8-4-5-11-10(6-8)9(2)7-12(11)3;1-8-4-5-10-9(2)7-12(3)11(10)6-8;1-8-5-4-6-10-11(8)9(2)7-12(10)3;1-8-5-4-6-10-9(2)7-12(3)11(8)10;1-8-9(2)12(3)11-7-5-4-6-10(8)11;1-8-7-11(2)10-6-4-3-5-9(8)10;1-7-6-10-9-5-3-2-4-8(7)9;1-3-5-4-2/h5*4-7H,1-3H3;3-7H,1-2H3;2-6,10H,1H3;3-5H2,1-2H3. The van der Waals surface area contributed by atoms with Gasteiger partial charge in [-0.05, 0) is 181 Å². The van der Waals surface area contributed by atoms with Crippen molar-refractivity contribution in [1.82, 2.24) is 32.4 Å². The summed E-state index contributed by atoms with van der Waals surface area (Å²) >= 11 is 0. The molecule has 0 atom stereocenters. The fourth-order valence-corrected chi connectivity index (χ4v) is 12.0. The first-order chi connectivity index (χ1) is 41.1. The van der Waals surface area contributed by atoms with Crippen LogP contribution in [-0.4, -0.2) is 32.4 Å². The van der Waals surface area contributed by atoms with Crippen LogP contribution in [0.1, 0.15) is 100 Å². The van der Waals surface area contributed by atoms with Crippen LogP contribution in [0.4, 0.5) is 0 Å². The van der Waals surface area contributed by atoms with Crippen LogP contribution in [0.25, 0.3) is 76.3 Å². The molecule has 0 saturated heterocycles. The van der Waals surface area contributed by atoms with E-state index in [9.17, 15) is 0 Å². The molecule has 7 aromatic carbocycles. The first-order valence-corrected chi connectivity index (χ1v) is 30.7. The molecule has 448 valence electrons. The van der Waals surface area contributed by atoms with Gasteiger partial charge in [-0.2, -0.15) is 0 Å². The van der Waals surface area contributed by atoms with Crippen molar-refractivity contribution in [1.29, 1.82) is 0 Å². The van der Waals surface area contributed by atoms with Gasteiger partial charge in [-0.1, -0.05) is 142 Å². The van der Waals surface area contributed by atoms with E-state index in [1.807, 2.05) is 12.3 Å². The predicted octanol–water partition coefficient (Wildman–Crippen LogP) is 21.1. The number of hydrogen-bond donors (Lipinski definition) is 1. The van der Waals surface area contributed by atoms with Crippen molar-refractivity contribution in [3.8, 4) is 0 Å². The maximum atomic E-state index is 3.19. The molecule has 0 aliphatic rings. The van der Waals surface area contributed by atoms with E-state index in [4.69, 9.17) is 0 Å². The highest BCUT2D eigenvalue weighted by Gasteiger charge is 2.08. The second kappa shape index (κ2) is 29.4. The Bertz CT molecular complexity index is 4250. The van der Waals surface area contributed by atoms with Crippen molar-refractivity contribution in [3.63, 3.8) is 0 Å². The van der Waals surface area contributed by atoms with E-state index in [0.717, 1.165) is 0 Å². The monoisotopic (exact) mass is 1140 g/mol. The van der Waals surface area contributed by atoms with Crippen LogP contribution in [0.15, 0.2) is 183 Å². The molecular formula is C79H97N7. The number of aromatic amines is 1. The molecule has 86 heavy (non-hydrogen) atoms. The summed E-state index contributed by atoms with van der Waals surface area (Å²) < 4.78 is 13.1. The quantitative estimate of drug-likeness (QED) is 0.179. The van der Waals surface area contributed by atoms with Gasteiger partial charge in [0.05, 0.1) is 5.52 Å². The molecule has 7 aromatic heterocycles. The van der Waals surface area contributed by atoms with Gasteiger partial charge in [-0.3, -0.25) is 0 Å². The predicted molar refractivity (Wildman–Crippen MR) is 378 cm³/mol. The second-order valence-corrected chi connectivity index (χ2v) is 23.8. The number of unbranched alkanes of at least 4 members (excludes halogenated alkanes) is 2. The third-order valence-electron chi connectivity index (χ3n) is 16.8. The second-order valence-electron chi connectivity index (χ2n) is 23.8. The van der Waals surface area contributed by atoms with Gasteiger partial charge in [0.1, 0.15) is 0 Å². The summed E-state index contributed by atoms with van der Waals surface area (Å²) in [5.41, 5.74) is 25.4. The fraction of sp³-hybridized carbons (Fsp3) is 0.291. The molecule has 7 nitrogen and oxygen atoms in total. The van der Waals surface area contributed by atoms with Gasteiger partial charge in [0.2, 0.25) is 0 Å². The Balaban J connectivity index is 0.000000142. The summed E-state index contributed by atoms with van der Waals surface area (Å²) in [5.74, 6) is 0. The molecule has 7 heterocycles. The summed E-state index contributed by atoms with van der Waals surface area (Å²) in [6.45, 7) is 30.2. The Morgan fingerprint density at radius 2 is 0.779 bits per heavy atom. The minimum absolute atomic E-state index is 1.22. The topological polar surface area (TPSA) is 45.4 Å². The number of fused-ring (bicyclic) bond motifs is 7. The van der Waals surface area contributed by atoms with E-state index in [0.29, 0.717) is 0 Å². The highest BCUT2D eigenvalue weighted by Crippen LogP contribution is 2.27. The van der Waals surface area contributed by atoms with Crippen molar-refractivity contribution in [2.24, 2.45) is 42.3 Å². The summed E-state index contributed by atoms with van der Waals surface area (Å²) in [6, 6.07) is 51.3. The van der Waals surface area contributed by atoms with Crippen molar-refractivity contribution in [2.75, 3.05) is 0 Å². The Labute approximate surface area is 514 Å². The molecule has 0 aliphatic heterocycles. The van der Waals surface area contributed by atoms with Crippen molar-refractivity contribution in [2.45, 2.75) is 116 Å². The average Bonchev–Trinajstić information content (AvgIpc) is 2.79. The number of hydrogen-bond acceptors (Lipinski definition) is 0. The maximum Gasteiger partial charge on any atom is 0.0510 e. The zero-order valence-electron chi connectivity index (χ0n) is 55.6. The molecule has 14 rings (SSSR count). The molecule has 14 aromatic rings. The van der Waals surface area contributed by atoms with E-state index < -0.39 is 0 Å². The fourth-order valence-electron chi connectivity index (χ4n) is 12.0. The number of nitrogens with zero attached hydrogens (tertiary/aromatic N) is 6. The van der Waals surface area contributed by atoms with Crippen LogP contribution < -0.4 is 0 Å². The number of rotatable bonds is 2. The molecule has 0 aliphatic carbocycles. The normalized spacial score (nSPS) is 10.7. The lowest BCUT2D eigenvalue weighted by Gasteiger charge is -1.99. The highest BCUT2D eigenvalue weighted by atomic mass is 15.0. The number of para-hydroxylation sites is 4. The number of H-pyrrole nitrogens is 1. The number of nitrogens with one attached hydrogen (secondary N) is 1. The van der Waals surface area contributed by atoms with Gasteiger partial charge >= 0.3 is 0 Å². The van der Waals surface area contributed by atoms with Crippen molar-refractivity contribution >= 4 is 76.3 Å². The van der Waals surface area contributed by atoms with Crippen LogP contribution in [0.2, 0.25) is 0 Å². The van der Waals surface area contributed by atoms with Crippen LogP contribution >= 0.6 is 0 Å². The molecule has 0 amide bonds. The van der Waals surface area contributed by atoms with E-state index in [-0.39, 0.29) is 0 Å². The molecule has 0 radical (unpaired) electrons. The Morgan fingerprint density at radius 3 is 1.37 bits per heavy atom. The molecule has 0 fully saturated rings. The zero-order valence-corrected chi connectivity index (χ0v) is 55.6. The third kappa shape index (κ3) is 15.2. The summed E-state index contributed by atoms with van der Waals surface area (Å²) in [5, 5.41) is 9.56. The van der Waals surface area contributed by atoms with Gasteiger partial charge in [-0.15, -0.1) is 0 Å². The van der Waals surface area contributed by atoms with Crippen LogP contribution in [0, 0.1) is 83.1 Å². The van der Waals surface area contributed by atoms with Crippen LogP contribution in [-0.2, 0) is 42.3 Å². The van der Waals surface area contributed by atoms with E-state index >= 15 is 0 Å². The van der Waals surface area contributed by atoms with Crippen LogP contribution in [0.3, 0.4) is 0 Å². The molecule has 0 bridgehead atoms. The number of aromatic nitrogens is 7.